The van der Waals surface area contributed by atoms with Crippen LogP contribution in [0.5, 0.6) is 5.75 Å². The van der Waals surface area contributed by atoms with Crippen molar-refractivity contribution in [3.63, 3.8) is 0 Å². The topological polar surface area (TPSA) is 137 Å². The van der Waals surface area contributed by atoms with E-state index in [1.807, 2.05) is 0 Å². The summed E-state index contributed by atoms with van der Waals surface area (Å²) in [4.78, 5) is 18.1. The van der Waals surface area contributed by atoms with E-state index in [4.69, 9.17) is 26.9 Å². The van der Waals surface area contributed by atoms with Gasteiger partial charge in [0.1, 0.15) is 11.9 Å². The number of hydrogen-bond donors (Lipinski definition) is 3. The smallest absolute Gasteiger partial charge is 0.166 e. The Morgan fingerprint density at radius 1 is 1.33 bits per heavy atom. The van der Waals surface area contributed by atoms with Gasteiger partial charge in [-0.1, -0.05) is 13.8 Å². The van der Waals surface area contributed by atoms with Gasteiger partial charge in [-0.3, -0.25) is 9.98 Å². The molecule has 1 aliphatic rings. The summed E-state index contributed by atoms with van der Waals surface area (Å²) in [5, 5.41) is 0. The molecule has 2 aromatic rings. The summed E-state index contributed by atoms with van der Waals surface area (Å²) in [6.45, 7) is 8.53. The summed E-state index contributed by atoms with van der Waals surface area (Å²) in [6, 6.07) is 6.12. The highest BCUT2D eigenvalue weighted by molar-refractivity contribution is 6.14. The first-order valence-electron chi connectivity index (χ1n) is 10.7. The molecule has 6 N–H and O–H groups in total. The Morgan fingerprint density at radius 2 is 2.09 bits per heavy atom. The van der Waals surface area contributed by atoms with E-state index >= 15 is 0 Å². The molecule has 0 radical (unpaired) electrons. The number of aromatic nitrogens is 1. The third-order valence-electron chi connectivity index (χ3n) is 5.11. The minimum Gasteiger partial charge on any atom is -0.482 e. The van der Waals surface area contributed by atoms with E-state index in [0.29, 0.717) is 52.1 Å². The van der Waals surface area contributed by atoms with Gasteiger partial charge in [0.05, 0.1) is 18.6 Å². The van der Waals surface area contributed by atoms with Gasteiger partial charge in [0.25, 0.3) is 0 Å². The SMILES string of the molecule is CC(N)=C1CN=C(N=CN)c2ccc(F)cc2[C@@H](C)Oc2cc(cnc2N)C1=NCC(C)C. The predicted octanol–water partition coefficient (Wildman–Crippen LogP) is 3.37. The van der Waals surface area contributed by atoms with Crippen LogP contribution in [-0.2, 0) is 0 Å². The van der Waals surface area contributed by atoms with Crippen molar-refractivity contribution in [3.05, 3.63) is 64.2 Å². The van der Waals surface area contributed by atoms with E-state index in [1.165, 1.54) is 12.1 Å². The van der Waals surface area contributed by atoms with Crippen molar-refractivity contribution in [1.29, 1.82) is 0 Å². The van der Waals surface area contributed by atoms with E-state index in [0.717, 1.165) is 11.9 Å². The summed E-state index contributed by atoms with van der Waals surface area (Å²) in [6.07, 6.45) is 2.21. The number of fused-ring (bicyclic) bond motifs is 3. The Bertz CT molecular complexity index is 1150. The highest BCUT2D eigenvalue weighted by Crippen LogP contribution is 2.31. The number of halogens is 1. The highest BCUT2D eigenvalue weighted by Gasteiger charge is 2.22. The molecule has 1 aromatic heterocycles. The molecule has 3 rings (SSSR count). The number of aliphatic imine (C=N–C) groups is 3. The van der Waals surface area contributed by atoms with Crippen LogP contribution in [0.1, 0.15) is 50.5 Å². The zero-order chi connectivity index (χ0) is 24.1. The van der Waals surface area contributed by atoms with Crippen molar-refractivity contribution in [2.24, 2.45) is 32.4 Å². The largest absolute Gasteiger partial charge is 0.482 e. The van der Waals surface area contributed by atoms with Gasteiger partial charge in [-0.25, -0.2) is 14.4 Å². The Kier molecular flexibility index (Phi) is 7.42. The van der Waals surface area contributed by atoms with Crippen molar-refractivity contribution in [2.75, 3.05) is 18.8 Å². The van der Waals surface area contributed by atoms with Gasteiger partial charge < -0.3 is 21.9 Å². The van der Waals surface area contributed by atoms with Gasteiger partial charge in [0, 0.05) is 40.7 Å². The highest BCUT2D eigenvalue weighted by atomic mass is 19.1. The Balaban J connectivity index is 2.31. The summed E-state index contributed by atoms with van der Waals surface area (Å²) < 4.78 is 20.3. The van der Waals surface area contributed by atoms with Crippen LogP contribution in [0.2, 0.25) is 0 Å². The van der Waals surface area contributed by atoms with E-state index in [-0.39, 0.29) is 12.4 Å². The average Bonchev–Trinajstić information content (AvgIpc) is 2.75. The van der Waals surface area contributed by atoms with Crippen molar-refractivity contribution in [3.8, 4) is 5.75 Å². The fraction of sp³-hybridized carbons (Fsp3) is 0.333. The molecule has 0 aliphatic carbocycles. The van der Waals surface area contributed by atoms with Gasteiger partial charge in [-0.05, 0) is 44.0 Å². The predicted molar refractivity (Wildman–Crippen MR) is 131 cm³/mol. The minimum atomic E-state index is -0.574. The molecule has 1 aliphatic heterocycles. The molecule has 0 unspecified atom stereocenters. The van der Waals surface area contributed by atoms with E-state index in [2.05, 4.69) is 28.8 Å². The summed E-state index contributed by atoms with van der Waals surface area (Å²) in [5.41, 5.74) is 21.8. The molecule has 0 saturated carbocycles. The average molecular weight is 452 g/mol. The summed E-state index contributed by atoms with van der Waals surface area (Å²) >= 11 is 0. The maximum atomic E-state index is 14.2. The monoisotopic (exact) mass is 451 g/mol. The first-order valence-corrected chi connectivity index (χ1v) is 10.7. The minimum absolute atomic E-state index is 0.192. The molecule has 9 heteroatoms. The number of hydrogen-bond acceptors (Lipinski definition) is 7. The second-order valence-electron chi connectivity index (χ2n) is 8.26. The number of nitrogens with zero attached hydrogens (tertiary/aromatic N) is 4. The maximum absolute atomic E-state index is 14.2. The number of nitrogen functional groups attached to an aromatic ring is 1. The summed E-state index contributed by atoms with van der Waals surface area (Å²) in [7, 11) is 0. The number of nitrogens with two attached hydrogens (primary N) is 3. The van der Waals surface area contributed by atoms with Gasteiger partial charge in [0.2, 0.25) is 0 Å². The normalized spacial score (nSPS) is 19.5. The molecule has 0 spiro atoms. The fourth-order valence-electron chi connectivity index (χ4n) is 3.45. The lowest BCUT2D eigenvalue weighted by atomic mass is 9.99. The van der Waals surface area contributed by atoms with Crippen LogP contribution < -0.4 is 21.9 Å². The van der Waals surface area contributed by atoms with Crippen LogP contribution in [0.15, 0.2) is 56.7 Å². The third kappa shape index (κ3) is 5.54. The van der Waals surface area contributed by atoms with E-state index in [9.17, 15) is 4.39 Å². The number of benzene rings is 1. The number of anilines is 1. The van der Waals surface area contributed by atoms with Crippen molar-refractivity contribution in [1.82, 2.24) is 4.98 Å². The molecule has 0 fully saturated rings. The zero-order valence-corrected chi connectivity index (χ0v) is 19.3. The van der Waals surface area contributed by atoms with Crippen LogP contribution in [0.4, 0.5) is 10.2 Å². The maximum Gasteiger partial charge on any atom is 0.166 e. The number of allylic oxidation sites excluding steroid dienone is 1. The number of rotatable bonds is 2. The van der Waals surface area contributed by atoms with Gasteiger partial charge in [-0.15, -0.1) is 0 Å². The summed E-state index contributed by atoms with van der Waals surface area (Å²) in [5.74, 6) is 0.836. The molecule has 0 amide bonds. The van der Waals surface area contributed by atoms with Gasteiger partial charge in [-0.2, -0.15) is 0 Å². The molecule has 174 valence electrons. The molecular formula is C24H30FN7O. The lowest BCUT2D eigenvalue weighted by Crippen LogP contribution is -2.19. The Labute approximate surface area is 193 Å². The zero-order valence-electron chi connectivity index (χ0n) is 19.3. The fourth-order valence-corrected chi connectivity index (χ4v) is 3.45. The van der Waals surface area contributed by atoms with E-state index < -0.39 is 11.9 Å². The second kappa shape index (κ2) is 10.2. The Hall–Kier alpha value is -3.75. The number of ether oxygens (including phenoxy) is 1. The first-order chi connectivity index (χ1) is 15.7. The first kappa shape index (κ1) is 23.9. The number of amidine groups is 1. The van der Waals surface area contributed by atoms with Gasteiger partial charge >= 0.3 is 0 Å². The van der Waals surface area contributed by atoms with Crippen molar-refractivity contribution in [2.45, 2.75) is 33.8 Å². The Morgan fingerprint density at radius 3 is 2.76 bits per heavy atom. The lowest BCUT2D eigenvalue weighted by molar-refractivity contribution is 0.227. The molecule has 2 bridgehead atoms. The lowest BCUT2D eigenvalue weighted by Gasteiger charge is -2.21. The van der Waals surface area contributed by atoms with Crippen molar-refractivity contribution >= 4 is 23.7 Å². The van der Waals surface area contributed by atoms with E-state index in [1.54, 1.807) is 32.2 Å². The molecule has 1 aromatic carbocycles. The van der Waals surface area contributed by atoms with Gasteiger partial charge in [0.15, 0.2) is 17.4 Å². The van der Waals surface area contributed by atoms with Crippen LogP contribution >= 0.6 is 0 Å². The molecule has 0 saturated heterocycles. The van der Waals surface area contributed by atoms with Crippen LogP contribution in [0.25, 0.3) is 0 Å². The second-order valence-corrected chi connectivity index (χ2v) is 8.26. The van der Waals surface area contributed by atoms with Crippen LogP contribution in [0.3, 0.4) is 0 Å². The number of pyridine rings is 1. The van der Waals surface area contributed by atoms with Crippen molar-refractivity contribution < 1.29 is 9.13 Å². The molecule has 33 heavy (non-hydrogen) atoms. The third-order valence-corrected chi connectivity index (χ3v) is 5.11. The molecule has 8 nitrogen and oxygen atoms in total. The van der Waals surface area contributed by atoms with Crippen LogP contribution in [0, 0.1) is 11.7 Å². The molecule has 1 atom stereocenters. The van der Waals surface area contributed by atoms with Crippen LogP contribution in [-0.4, -0.2) is 36.0 Å². The molecular weight excluding hydrogens is 421 g/mol. The molecule has 2 heterocycles. The quantitative estimate of drug-likeness (QED) is 0.475. The standard InChI is InChI=1S/C24H30FN7O/c1-13(2)9-29-22-16-7-21(23(28)30-10-16)33-15(4)19-8-17(25)5-6-18(19)24(32-12-26)31-11-20(22)14(3)27/h5-8,10,12-13,15H,9,11,27H2,1-4H3,(H2,28,30)(H2,26,31,32)/t15-/m1/s1.